The maximum Gasteiger partial charge on any atom is 0.325 e. The van der Waals surface area contributed by atoms with Crippen LogP contribution in [0.15, 0.2) is 40.9 Å². The van der Waals surface area contributed by atoms with Crippen molar-refractivity contribution in [2.45, 2.75) is 37.9 Å². The number of carbonyl (C=O) groups is 2. The van der Waals surface area contributed by atoms with Gasteiger partial charge < -0.3 is 5.32 Å². The molecule has 1 aromatic carbocycles. The fourth-order valence-corrected chi connectivity index (χ4v) is 4.52. The molecule has 0 saturated heterocycles. The third-order valence-electron chi connectivity index (χ3n) is 4.53. The second kappa shape index (κ2) is 8.38. The highest BCUT2D eigenvalue weighted by atomic mass is 32.2. The van der Waals surface area contributed by atoms with E-state index in [1.165, 1.54) is 11.8 Å². The summed E-state index contributed by atoms with van der Waals surface area (Å²) >= 11 is 2.92. The van der Waals surface area contributed by atoms with Gasteiger partial charge in [-0.25, -0.2) is 4.79 Å². The normalized spacial score (nSPS) is 13.3. The lowest BCUT2D eigenvalue weighted by Gasteiger charge is -2.10. The zero-order valence-corrected chi connectivity index (χ0v) is 17.8. The Kier molecular flexibility index (Phi) is 5.68. The zero-order chi connectivity index (χ0) is 20.4. The van der Waals surface area contributed by atoms with Crippen LogP contribution in [0.2, 0.25) is 0 Å². The topological polar surface area (TPSA) is 88.9 Å². The average Bonchev–Trinajstić information content (AvgIpc) is 3.20. The SMILES string of the molecule is Cc1ccc(NC(=O)NC(=O)CSc2nnc(-c3cccs3)n2C2CC2)c(C)c1. The summed E-state index contributed by atoms with van der Waals surface area (Å²) in [5.74, 6) is 0.563. The summed E-state index contributed by atoms with van der Waals surface area (Å²) in [6, 6.07) is 9.57. The Balaban J connectivity index is 1.36. The molecule has 2 aromatic heterocycles. The molecule has 9 heteroatoms. The van der Waals surface area contributed by atoms with Crippen molar-refractivity contribution in [2.75, 3.05) is 11.1 Å². The minimum Gasteiger partial charge on any atom is -0.307 e. The molecule has 1 saturated carbocycles. The summed E-state index contributed by atoms with van der Waals surface area (Å²) in [4.78, 5) is 25.4. The highest BCUT2D eigenvalue weighted by Crippen LogP contribution is 2.41. The Morgan fingerprint density at radius 1 is 1.24 bits per heavy atom. The van der Waals surface area contributed by atoms with Crippen molar-refractivity contribution in [2.24, 2.45) is 0 Å². The van der Waals surface area contributed by atoms with Crippen LogP contribution < -0.4 is 10.6 Å². The predicted molar refractivity (Wildman–Crippen MR) is 115 cm³/mol. The summed E-state index contributed by atoms with van der Waals surface area (Å²) in [5, 5.41) is 16.4. The lowest BCUT2D eigenvalue weighted by Crippen LogP contribution is -2.35. The van der Waals surface area contributed by atoms with E-state index in [1.54, 1.807) is 11.3 Å². The highest BCUT2D eigenvalue weighted by Gasteiger charge is 2.30. The molecule has 29 heavy (non-hydrogen) atoms. The number of anilines is 1. The van der Waals surface area contributed by atoms with Crippen LogP contribution in [0.3, 0.4) is 0 Å². The average molecular weight is 428 g/mol. The lowest BCUT2D eigenvalue weighted by molar-refractivity contribution is -0.117. The summed E-state index contributed by atoms with van der Waals surface area (Å²) in [5.41, 5.74) is 2.74. The first kappa shape index (κ1) is 19.7. The van der Waals surface area contributed by atoms with Gasteiger partial charge in [0.25, 0.3) is 0 Å². The van der Waals surface area contributed by atoms with Gasteiger partial charge in [0.05, 0.1) is 10.6 Å². The molecule has 4 rings (SSSR count). The van der Waals surface area contributed by atoms with E-state index in [4.69, 9.17) is 0 Å². The Hall–Kier alpha value is -2.65. The monoisotopic (exact) mass is 427 g/mol. The number of aromatic nitrogens is 3. The van der Waals surface area contributed by atoms with E-state index in [0.29, 0.717) is 16.9 Å². The van der Waals surface area contributed by atoms with E-state index in [9.17, 15) is 9.59 Å². The first-order valence-corrected chi connectivity index (χ1v) is 11.2. The number of hydrogen-bond acceptors (Lipinski definition) is 6. The standard InChI is InChI=1S/C20H21N5O2S2/c1-12-5-8-15(13(2)10-12)21-19(27)22-17(26)11-29-20-24-23-18(16-4-3-9-28-16)25(20)14-6-7-14/h3-5,8-10,14H,6-7,11H2,1-2H3,(H2,21,22,26,27). The quantitative estimate of drug-likeness (QED) is 0.569. The molecular weight excluding hydrogens is 406 g/mol. The summed E-state index contributed by atoms with van der Waals surface area (Å²) in [6.07, 6.45) is 2.18. The van der Waals surface area contributed by atoms with E-state index >= 15 is 0 Å². The lowest BCUT2D eigenvalue weighted by atomic mass is 10.1. The van der Waals surface area contributed by atoms with Crippen molar-refractivity contribution in [1.29, 1.82) is 0 Å². The van der Waals surface area contributed by atoms with Crippen LogP contribution in [0.4, 0.5) is 10.5 Å². The molecule has 1 aliphatic rings. The van der Waals surface area contributed by atoms with Gasteiger partial charge in [-0.2, -0.15) is 0 Å². The molecule has 0 radical (unpaired) electrons. The van der Waals surface area contributed by atoms with E-state index < -0.39 is 6.03 Å². The van der Waals surface area contributed by atoms with E-state index in [-0.39, 0.29) is 11.7 Å². The molecule has 0 aliphatic heterocycles. The summed E-state index contributed by atoms with van der Waals surface area (Å²) < 4.78 is 2.11. The fourth-order valence-electron chi connectivity index (χ4n) is 3.01. The number of imide groups is 1. The first-order valence-electron chi connectivity index (χ1n) is 9.31. The van der Waals surface area contributed by atoms with E-state index in [0.717, 1.165) is 34.7 Å². The van der Waals surface area contributed by atoms with Crippen LogP contribution in [0.1, 0.15) is 30.0 Å². The first-order chi connectivity index (χ1) is 14.0. The van der Waals surface area contributed by atoms with Crippen molar-refractivity contribution >= 4 is 40.7 Å². The molecule has 2 heterocycles. The number of thiophene rings is 1. The number of amides is 3. The van der Waals surface area contributed by atoms with Crippen molar-refractivity contribution in [3.05, 3.63) is 46.8 Å². The van der Waals surface area contributed by atoms with Gasteiger partial charge in [0.2, 0.25) is 5.91 Å². The molecule has 1 fully saturated rings. The van der Waals surface area contributed by atoms with Gasteiger partial charge in [0.15, 0.2) is 11.0 Å². The zero-order valence-electron chi connectivity index (χ0n) is 16.1. The van der Waals surface area contributed by atoms with E-state index in [1.807, 2.05) is 49.6 Å². The predicted octanol–water partition coefficient (Wildman–Crippen LogP) is 4.40. The number of nitrogens with zero attached hydrogens (tertiary/aromatic N) is 3. The summed E-state index contributed by atoms with van der Waals surface area (Å²) in [7, 11) is 0. The molecule has 2 N–H and O–H groups in total. The van der Waals surface area contributed by atoms with Crippen LogP contribution in [-0.4, -0.2) is 32.5 Å². The number of benzene rings is 1. The Morgan fingerprint density at radius 2 is 2.07 bits per heavy atom. The number of rotatable bonds is 6. The number of carbonyl (C=O) groups excluding carboxylic acids is 2. The fraction of sp³-hybridized carbons (Fsp3) is 0.300. The molecule has 150 valence electrons. The van der Waals surface area contributed by atoms with Gasteiger partial charge in [0.1, 0.15) is 0 Å². The van der Waals surface area contributed by atoms with Crippen molar-refractivity contribution in [3.63, 3.8) is 0 Å². The maximum absolute atomic E-state index is 12.2. The number of hydrogen-bond donors (Lipinski definition) is 2. The largest absolute Gasteiger partial charge is 0.325 e. The van der Waals surface area contributed by atoms with E-state index in [2.05, 4.69) is 25.4 Å². The third-order valence-corrected chi connectivity index (χ3v) is 6.34. The van der Waals surface area contributed by atoms with Crippen LogP contribution in [0.25, 0.3) is 10.7 Å². The molecule has 0 atom stereocenters. The number of aryl methyl sites for hydroxylation is 2. The van der Waals surface area contributed by atoms with Crippen LogP contribution in [0, 0.1) is 13.8 Å². The second-order valence-corrected chi connectivity index (χ2v) is 8.88. The molecule has 0 bridgehead atoms. The highest BCUT2D eigenvalue weighted by molar-refractivity contribution is 7.99. The Morgan fingerprint density at radius 3 is 2.76 bits per heavy atom. The molecular formula is C20H21N5O2S2. The van der Waals surface area contributed by atoms with Crippen LogP contribution in [-0.2, 0) is 4.79 Å². The third kappa shape index (κ3) is 4.68. The molecule has 7 nitrogen and oxygen atoms in total. The second-order valence-electron chi connectivity index (χ2n) is 6.99. The van der Waals surface area contributed by atoms with Gasteiger partial charge in [-0.15, -0.1) is 21.5 Å². The maximum atomic E-state index is 12.2. The minimum atomic E-state index is -0.537. The van der Waals surface area contributed by atoms with Crippen molar-refractivity contribution in [1.82, 2.24) is 20.1 Å². The van der Waals surface area contributed by atoms with Crippen LogP contribution in [0.5, 0.6) is 0 Å². The molecule has 0 unspecified atom stereocenters. The van der Waals surface area contributed by atoms with Crippen LogP contribution >= 0.6 is 23.1 Å². The van der Waals surface area contributed by atoms with Crippen molar-refractivity contribution in [3.8, 4) is 10.7 Å². The Bertz CT molecular complexity index is 1040. The van der Waals surface area contributed by atoms with Gasteiger partial charge in [-0.3, -0.25) is 14.7 Å². The van der Waals surface area contributed by atoms with Crippen molar-refractivity contribution < 1.29 is 9.59 Å². The summed E-state index contributed by atoms with van der Waals surface area (Å²) in [6.45, 7) is 3.90. The number of thioether (sulfide) groups is 1. The Labute approximate surface area is 176 Å². The molecule has 3 aromatic rings. The van der Waals surface area contributed by atoms with Gasteiger partial charge in [-0.1, -0.05) is 35.5 Å². The van der Waals surface area contributed by atoms with Gasteiger partial charge in [-0.05, 0) is 49.8 Å². The molecule has 1 aliphatic carbocycles. The molecule has 3 amide bonds. The smallest absolute Gasteiger partial charge is 0.307 e. The van der Waals surface area contributed by atoms with Gasteiger partial charge >= 0.3 is 6.03 Å². The number of nitrogens with one attached hydrogen (secondary N) is 2. The minimum absolute atomic E-state index is 0.0929. The van der Waals surface area contributed by atoms with Gasteiger partial charge in [0, 0.05) is 11.7 Å². The number of urea groups is 1. The molecule has 0 spiro atoms.